The second kappa shape index (κ2) is 6.80. The van der Waals surface area contributed by atoms with Gasteiger partial charge in [0, 0.05) is 18.5 Å². The van der Waals surface area contributed by atoms with Crippen molar-refractivity contribution in [1.82, 2.24) is 5.32 Å². The van der Waals surface area contributed by atoms with Gasteiger partial charge in [-0.3, -0.25) is 4.39 Å². The maximum Gasteiger partial charge on any atom is 0.137 e. The number of alkyl halides is 1. The SMILES string of the molecule is CNCc1cccc(Br)c1OCCCF. The molecule has 0 amide bonds. The summed E-state index contributed by atoms with van der Waals surface area (Å²) in [5, 5.41) is 3.07. The number of hydrogen-bond donors (Lipinski definition) is 1. The van der Waals surface area contributed by atoms with E-state index >= 15 is 0 Å². The highest BCUT2D eigenvalue weighted by Crippen LogP contribution is 2.29. The molecule has 0 fully saturated rings. The van der Waals surface area contributed by atoms with Crippen molar-refractivity contribution in [3.63, 3.8) is 0 Å². The van der Waals surface area contributed by atoms with Crippen molar-refractivity contribution >= 4 is 15.9 Å². The molecule has 0 aliphatic heterocycles. The van der Waals surface area contributed by atoms with Crippen LogP contribution < -0.4 is 10.1 Å². The van der Waals surface area contributed by atoms with Gasteiger partial charge in [0.2, 0.25) is 0 Å². The van der Waals surface area contributed by atoms with E-state index in [9.17, 15) is 4.39 Å². The van der Waals surface area contributed by atoms with Crippen molar-refractivity contribution < 1.29 is 9.13 Å². The zero-order chi connectivity index (χ0) is 11.1. The first-order valence-corrected chi connectivity index (χ1v) is 5.69. The van der Waals surface area contributed by atoms with Gasteiger partial charge in [-0.15, -0.1) is 0 Å². The predicted octanol–water partition coefficient (Wildman–Crippen LogP) is 2.91. The van der Waals surface area contributed by atoms with Crippen LogP contribution >= 0.6 is 15.9 Å². The Hall–Kier alpha value is -0.610. The Kier molecular flexibility index (Phi) is 5.65. The van der Waals surface area contributed by atoms with Crippen molar-refractivity contribution in [2.24, 2.45) is 0 Å². The lowest BCUT2D eigenvalue weighted by Crippen LogP contribution is -2.08. The van der Waals surface area contributed by atoms with Gasteiger partial charge >= 0.3 is 0 Å². The van der Waals surface area contributed by atoms with Crippen LogP contribution in [0.1, 0.15) is 12.0 Å². The molecule has 84 valence electrons. The topological polar surface area (TPSA) is 21.3 Å². The van der Waals surface area contributed by atoms with Crippen LogP contribution in [-0.4, -0.2) is 20.3 Å². The fourth-order valence-electron chi connectivity index (χ4n) is 1.27. The third-order valence-electron chi connectivity index (χ3n) is 1.94. The van der Waals surface area contributed by atoms with Crippen LogP contribution in [0.15, 0.2) is 22.7 Å². The Morgan fingerprint density at radius 3 is 2.93 bits per heavy atom. The molecule has 0 radical (unpaired) electrons. The number of nitrogens with one attached hydrogen (secondary N) is 1. The van der Waals surface area contributed by atoms with Gasteiger partial charge in [-0.2, -0.15) is 0 Å². The van der Waals surface area contributed by atoms with E-state index in [1.807, 2.05) is 25.2 Å². The van der Waals surface area contributed by atoms with E-state index < -0.39 is 0 Å². The smallest absolute Gasteiger partial charge is 0.137 e. The molecule has 0 unspecified atom stereocenters. The second-order valence-corrected chi connectivity index (χ2v) is 4.00. The summed E-state index contributed by atoms with van der Waals surface area (Å²) in [7, 11) is 1.88. The molecule has 0 saturated heterocycles. The van der Waals surface area contributed by atoms with E-state index in [-0.39, 0.29) is 6.67 Å². The van der Waals surface area contributed by atoms with Crippen molar-refractivity contribution in [2.75, 3.05) is 20.3 Å². The second-order valence-electron chi connectivity index (χ2n) is 3.15. The molecule has 4 heteroatoms. The zero-order valence-electron chi connectivity index (χ0n) is 8.72. The van der Waals surface area contributed by atoms with Gasteiger partial charge in [0.05, 0.1) is 17.8 Å². The highest BCUT2D eigenvalue weighted by atomic mass is 79.9. The summed E-state index contributed by atoms with van der Waals surface area (Å²) in [6, 6.07) is 5.87. The Bertz CT molecular complexity index is 307. The average molecular weight is 276 g/mol. The van der Waals surface area contributed by atoms with Crippen molar-refractivity contribution in [2.45, 2.75) is 13.0 Å². The molecule has 0 spiro atoms. The lowest BCUT2D eigenvalue weighted by molar-refractivity contribution is 0.285. The number of hydrogen-bond acceptors (Lipinski definition) is 2. The summed E-state index contributed by atoms with van der Waals surface area (Å²) < 4.78 is 18.4. The molecule has 0 saturated carbocycles. The Balaban J connectivity index is 2.72. The fourth-order valence-corrected chi connectivity index (χ4v) is 1.80. The van der Waals surface area contributed by atoms with Gasteiger partial charge in [-0.25, -0.2) is 0 Å². The summed E-state index contributed by atoms with van der Waals surface area (Å²) in [6.07, 6.45) is 0.431. The number of ether oxygens (including phenoxy) is 1. The molecule has 1 N–H and O–H groups in total. The molecule has 1 aromatic carbocycles. The highest BCUT2D eigenvalue weighted by Gasteiger charge is 2.06. The normalized spacial score (nSPS) is 10.3. The van der Waals surface area contributed by atoms with E-state index in [0.29, 0.717) is 13.0 Å². The molecule has 2 nitrogen and oxygen atoms in total. The molecular weight excluding hydrogens is 261 g/mol. The molecule has 15 heavy (non-hydrogen) atoms. The van der Waals surface area contributed by atoms with E-state index in [1.165, 1.54) is 0 Å². The minimum absolute atomic E-state index is 0.341. The monoisotopic (exact) mass is 275 g/mol. The molecule has 0 aromatic heterocycles. The number of halogens is 2. The van der Waals surface area contributed by atoms with Crippen LogP contribution in [0.25, 0.3) is 0 Å². The maximum atomic E-state index is 11.9. The molecule has 0 aliphatic rings. The van der Waals surface area contributed by atoms with Gasteiger partial charge in [-0.05, 0) is 29.0 Å². The largest absolute Gasteiger partial charge is 0.492 e. The lowest BCUT2D eigenvalue weighted by atomic mass is 10.2. The van der Waals surface area contributed by atoms with Crippen LogP contribution in [0.4, 0.5) is 4.39 Å². The van der Waals surface area contributed by atoms with Crippen LogP contribution in [0.2, 0.25) is 0 Å². The summed E-state index contributed by atoms with van der Waals surface area (Å²) >= 11 is 3.42. The first-order valence-electron chi connectivity index (χ1n) is 4.90. The van der Waals surface area contributed by atoms with Crippen molar-refractivity contribution in [3.8, 4) is 5.75 Å². The van der Waals surface area contributed by atoms with Crippen LogP contribution in [-0.2, 0) is 6.54 Å². The first kappa shape index (κ1) is 12.5. The molecule has 0 bridgehead atoms. The summed E-state index contributed by atoms with van der Waals surface area (Å²) in [4.78, 5) is 0. The molecule has 1 rings (SSSR count). The van der Waals surface area contributed by atoms with E-state index in [4.69, 9.17) is 4.74 Å². The van der Waals surface area contributed by atoms with E-state index in [0.717, 1.165) is 22.3 Å². The average Bonchev–Trinajstić information content (AvgIpc) is 2.23. The van der Waals surface area contributed by atoms with Gasteiger partial charge in [-0.1, -0.05) is 12.1 Å². The Labute approximate surface area is 98.0 Å². The van der Waals surface area contributed by atoms with Crippen molar-refractivity contribution in [1.29, 1.82) is 0 Å². The van der Waals surface area contributed by atoms with Gasteiger partial charge in [0.15, 0.2) is 0 Å². The first-order chi connectivity index (χ1) is 7.29. The summed E-state index contributed by atoms with van der Waals surface area (Å²) in [5.74, 6) is 0.806. The van der Waals surface area contributed by atoms with Crippen LogP contribution in [0, 0.1) is 0 Å². The summed E-state index contributed by atoms with van der Waals surface area (Å²) in [6.45, 7) is 0.812. The maximum absolute atomic E-state index is 11.9. The highest BCUT2D eigenvalue weighted by molar-refractivity contribution is 9.10. The number of para-hydroxylation sites is 1. The standard InChI is InChI=1S/C11H15BrFNO/c1-14-8-9-4-2-5-10(12)11(9)15-7-3-6-13/h2,4-5,14H,3,6-8H2,1H3. The third kappa shape index (κ3) is 3.80. The summed E-state index contributed by atoms with van der Waals surface area (Å²) in [5.41, 5.74) is 1.07. The van der Waals surface area contributed by atoms with E-state index in [2.05, 4.69) is 21.2 Å². The predicted molar refractivity (Wildman–Crippen MR) is 63.0 cm³/mol. The molecular formula is C11H15BrFNO. The molecule has 1 aromatic rings. The van der Waals surface area contributed by atoms with Crippen molar-refractivity contribution in [3.05, 3.63) is 28.2 Å². The van der Waals surface area contributed by atoms with Gasteiger partial charge < -0.3 is 10.1 Å². The van der Waals surface area contributed by atoms with Gasteiger partial charge in [0.1, 0.15) is 5.75 Å². The third-order valence-corrected chi connectivity index (χ3v) is 2.56. The molecule has 0 atom stereocenters. The van der Waals surface area contributed by atoms with Crippen LogP contribution in [0.5, 0.6) is 5.75 Å². The van der Waals surface area contributed by atoms with E-state index in [1.54, 1.807) is 0 Å². The number of benzene rings is 1. The van der Waals surface area contributed by atoms with Crippen LogP contribution in [0.3, 0.4) is 0 Å². The minimum atomic E-state index is -0.341. The molecule has 0 aliphatic carbocycles. The fraction of sp³-hybridized carbons (Fsp3) is 0.455. The lowest BCUT2D eigenvalue weighted by Gasteiger charge is -2.12. The molecule has 0 heterocycles. The Morgan fingerprint density at radius 2 is 2.27 bits per heavy atom. The minimum Gasteiger partial charge on any atom is -0.492 e. The van der Waals surface area contributed by atoms with Gasteiger partial charge in [0.25, 0.3) is 0 Å². The quantitative estimate of drug-likeness (QED) is 0.807. The zero-order valence-corrected chi connectivity index (χ0v) is 10.3. The Morgan fingerprint density at radius 1 is 1.47 bits per heavy atom. The number of rotatable bonds is 6.